The molecule has 0 saturated heterocycles. The predicted molar refractivity (Wildman–Crippen MR) is 116 cm³/mol. The summed E-state index contributed by atoms with van der Waals surface area (Å²) in [4.78, 5) is 22.5. The third kappa shape index (κ3) is 4.33. The molecule has 0 fully saturated rings. The van der Waals surface area contributed by atoms with Gasteiger partial charge in [0.15, 0.2) is 5.16 Å². The Labute approximate surface area is 176 Å². The number of hydrogen-bond donors (Lipinski definition) is 1. The minimum atomic E-state index is -0.242. The maximum absolute atomic E-state index is 12.8. The highest BCUT2D eigenvalue weighted by Crippen LogP contribution is 2.32. The number of amides is 1. The molecular weight excluding hydrogens is 404 g/mol. The van der Waals surface area contributed by atoms with Crippen molar-refractivity contribution >= 4 is 34.7 Å². The number of rotatable bonds is 6. The minimum absolute atomic E-state index is 0.242. The van der Waals surface area contributed by atoms with Gasteiger partial charge in [0.2, 0.25) is 0 Å². The van der Waals surface area contributed by atoms with Gasteiger partial charge >= 0.3 is 0 Å². The lowest BCUT2D eigenvalue weighted by atomic mass is 10.2. The van der Waals surface area contributed by atoms with Crippen molar-refractivity contribution in [3.63, 3.8) is 0 Å². The van der Waals surface area contributed by atoms with Gasteiger partial charge in [-0.2, -0.15) is 0 Å². The van der Waals surface area contributed by atoms with E-state index in [0.29, 0.717) is 5.69 Å². The molecule has 0 aliphatic heterocycles. The second-order valence-electron chi connectivity index (χ2n) is 6.14. The van der Waals surface area contributed by atoms with Crippen molar-refractivity contribution in [3.8, 4) is 16.3 Å². The van der Waals surface area contributed by atoms with E-state index in [0.717, 1.165) is 32.1 Å². The molecule has 4 aromatic rings. The van der Waals surface area contributed by atoms with Crippen molar-refractivity contribution in [2.75, 3.05) is 12.4 Å². The van der Waals surface area contributed by atoms with Crippen LogP contribution in [0.15, 0.2) is 76.4 Å². The molecule has 0 aliphatic carbocycles. The van der Waals surface area contributed by atoms with Crippen molar-refractivity contribution < 1.29 is 9.53 Å². The molecule has 0 aliphatic rings. The molecule has 29 heavy (non-hydrogen) atoms. The predicted octanol–water partition coefficient (Wildman–Crippen LogP) is 4.96. The lowest BCUT2D eigenvalue weighted by Gasteiger charge is -2.09. The highest BCUT2D eigenvalue weighted by atomic mass is 32.2. The number of benzene rings is 2. The average Bonchev–Trinajstić information content (AvgIpc) is 3.39. The molecule has 0 bridgehead atoms. The first kappa shape index (κ1) is 19.2. The smallest absolute Gasteiger partial charge is 0.275 e. The number of para-hydroxylation sites is 1. The lowest BCUT2D eigenvalue weighted by molar-refractivity contribution is 0.102. The summed E-state index contributed by atoms with van der Waals surface area (Å²) < 4.78 is 7.12. The fraction of sp³-hybridized carbons (Fsp3) is 0.0952. The van der Waals surface area contributed by atoms with Gasteiger partial charge in [0.1, 0.15) is 16.5 Å². The van der Waals surface area contributed by atoms with E-state index in [-0.39, 0.29) is 5.91 Å². The molecule has 8 heteroatoms. The standard InChI is InChI=1S/C21H18N4O2S2/c1-25-12-11-22-21(25)29-18-6-4-3-5-16(18)23-19(26)17-13-28-20(24-17)14-7-9-15(27-2)10-8-14/h3-13H,1-2H3,(H,23,26). The number of imidazole rings is 1. The molecule has 2 aromatic carbocycles. The van der Waals surface area contributed by atoms with Gasteiger partial charge in [0.25, 0.3) is 5.91 Å². The minimum Gasteiger partial charge on any atom is -0.497 e. The van der Waals surface area contributed by atoms with Gasteiger partial charge in [-0.25, -0.2) is 9.97 Å². The van der Waals surface area contributed by atoms with Crippen LogP contribution in [0, 0.1) is 0 Å². The van der Waals surface area contributed by atoms with E-state index in [4.69, 9.17) is 4.74 Å². The van der Waals surface area contributed by atoms with E-state index in [1.807, 2.05) is 66.3 Å². The van der Waals surface area contributed by atoms with Crippen LogP contribution >= 0.6 is 23.1 Å². The van der Waals surface area contributed by atoms with Crippen LogP contribution in [0.4, 0.5) is 5.69 Å². The molecule has 146 valence electrons. The number of carbonyl (C=O) groups is 1. The molecule has 2 aromatic heterocycles. The van der Waals surface area contributed by atoms with Crippen LogP contribution < -0.4 is 10.1 Å². The number of aryl methyl sites for hydroxylation is 1. The van der Waals surface area contributed by atoms with E-state index in [1.165, 1.54) is 23.1 Å². The Morgan fingerprint density at radius 1 is 1.17 bits per heavy atom. The van der Waals surface area contributed by atoms with E-state index in [9.17, 15) is 4.79 Å². The molecular formula is C21H18N4O2S2. The summed E-state index contributed by atoms with van der Waals surface area (Å²) in [5.74, 6) is 0.541. The van der Waals surface area contributed by atoms with Crippen molar-refractivity contribution in [3.05, 3.63) is 72.0 Å². The molecule has 4 rings (SSSR count). The largest absolute Gasteiger partial charge is 0.497 e. The van der Waals surface area contributed by atoms with Crippen LogP contribution in [0.25, 0.3) is 10.6 Å². The van der Waals surface area contributed by atoms with Gasteiger partial charge in [0.05, 0.1) is 12.8 Å². The highest BCUT2D eigenvalue weighted by molar-refractivity contribution is 7.99. The van der Waals surface area contributed by atoms with Gasteiger partial charge in [-0.15, -0.1) is 11.3 Å². The summed E-state index contributed by atoms with van der Waals surface area (Å²) in [5.41, 5.74) is 2.06. The quantitative estimate of drug-likeness (QED) is 0.476. The third-order valence-electron chi connectivity index (χ3n) is 4.19. The van der Waals surface area contributed by atoms with Crippen LogP contribution in [0.2, 0.25) is 0 Å². The Kier molecular flexibility index (Phi) is 5.64. The number of nitrogens with zero attached hydrogens (tertiary/aromatic N) is 3. The van der Waals surface area contributed by atoms with Gasteiger partial charge in [0, 0.05) is 35.3 Å². The fourth-order valence-electron chi connectivity index (χ4n) is 2.64. The number of ether oxygens (including phenoxy) is 1. The number of aromatic nitrogens is 3. The van der Waals surface area contributed by atoms with Gasteiger partial charge in [-0.3, -0.25) is 4.79 Å². The third-order valence-corrected chi connectivity index (χ3v) is 6.23. The summed E-state index contributed by atoms with van der Waals surface area (Å²) in [6.07, 6.45) is 3.64. The first-order valence-electron chi connectivity index (χ1n) is 8.79. The number of nitrogens with one attached hydrogen (secondary N) is 1. The molecule has 1 N–H and O–H groups in total. The molecule has 0 atom stereocenters. The maximum Gasteiger partial charge on any atom is 0.275 e. The van der Waals surface area contributed by atoms with Crippen LogP contribution in [0.5, 0.6) is 5.75 Å². The average molecular weight is 423 g/mol. The molecule has 0 unspecified atom stereocenters. The Bertz CT molecular complexity index is 1140. The summed E-state index contributed by atoms with van der Waals surface area (Å²) in [6, 6.07) is 15.3. The Morgan fingerprint density at radius 3 is 2.69 bits per heavy atom. The molecule has 0 saturated carbocycles. The van der Waals surface area contributed by atoms with Crippen molar-refractivity contribution in [1.82, 2.24) is 14.5 Å². The zero-order chi connectivity index (χ0) is 20.2. The molecule has 2 heterocycles. The second kappa shape index (κ2) is 8.50. The normalized spacial score (nSPS) is 10.7. The molecule has 1 amide bonds. The van der Waals surface area contributed by atoms with Gasteiger partial charge < -0.3 is 14.6 Å². The number of carbonyl (C=O) groups excluding carboxylic acids is 1. The van der Waals surface area contributed by atoms with E-state index < -0.39 is 0 Å². The lowest BCUT2D eigenvalue weighted by Crippen LogP contribution is -2.13. The van der Waals surface area contributed by atoms with Crippen molar-refractivity contribution in [2.24, 2.45) is 7.05 Å². The first-order chi connectivity index (χ1) is 14.1. The number of thiazole rings is 1. The SMILES string of the molecule is COc1ccc(-c2nc(C(=O)Nc3ccccc3Sc3nccn3C)cs2)cc1. The first-order valence-corrected chi connectivity index (χ1v) is 10.5. The summed E-state index contributed by atoms with van der Waals surface area (Å²) in [5, 5.41) is 6.37. The number of anilines is 1. The van der Waals surface area contributed by atoms with E-state index in [1.54, 1.807) is 18.7 Å². The number of methoxy groups -OCH3 is 1. The van der Waals surface area contributed by atoms with Crippen molar-refractivity contribution in [2.45, 2.75) is 10.1 Å². The summed E-state index contributed by atoms with van der Waals surface area (Å²) >= 11 is 2.93. The van der Waals surface area contributed by atoms with Crippen LogP contribution in [0.1, 0.15) is 10.5 Å². The molecule has 6 nitrogen and oxygen atoms in total. The van der Waals surface area contributed by atoms with Crippen molar-refractivity contribution in [1.29, 1.82) is 0 Å². The van der Waals surface area contributed by atoms with Crippen LogP contribution in [0.3, 0.4) is 0 Å². The number of hydrogen-bond acceptors (Lipinski definition) is 6. The summed E-state index contributed by atoms with van der Waals surface area (Å²) in [7, 11) is 3.57. The Morgan fingerprint density at radius 2 is 1.97 bits per heavy atom. The molecule has 0 spiro atoms. The zero-order valence-electron chi connectivity index (χ0n) is 15.8. The monoisotopic (exact) mass is 422 g/mol. The molecule has 0 radical (unpaired) electrons. The highest BCUT2D eigenvalue weighted by Gasteiger charge is 2.15. The zero-order valence-corrected chi connectivity index (χ0v) is 17.5. The van der Waals surface area contributed by atoms with Crippen LogP contribution in [-0.2, 0) is 7.05 Å². The fourth-order valence-corrected chi connectivity index (χ4v) is 4.34. The van der Waals surface area contributed by atoms with E-state index in [2.05, 4.69) is 15.3 Å². The van der Waals surface area contributed by atoms with E-state index >= 15 is 0 Å². The Hall–Kier alpha value is -3.10. The second-order valence-corrected chi connectivity index (χ2v) is 8.01. The Balaban J connectivity index is 1.51. The van der Waals surface area contributed by atoms with Gasteiger partial charge in [-0.1, -0.05) is 12.1 Å². The van der Waals surface area contributed by atoms with Crippen LogP contribution in [-0.4, -0.2) is 27.6 Å². The summed E-state index contributed by atoms with van der Waals surface area (Å²) in [6.45, 7) is 0. The topological polar surface area (TPSA) is 69.0 Å². The van der Waals surface area contributed by atoms with Gasteiger partial charge in [-0.05, 0) is 48.2 Å². The maximum atomic E-state index is 12.8.